The van der Waals surface area contributed by atoms with Gasteiger partial charge in [-0.1, -0.05) is 65.8 Å². The topological polar surface area (TPSA) is 0 Å². The molecule has 3 saturated carbocycles. The van der Waals surface area contributed by atoms with Crippen molar-refractivity contribution in [2.24, 2.45) is 0 Å². The number of hydrogen-bond donors (Lipinski definition) is 0. The quantitative estimate of drug-likeness (QED) is 0.0782. The van der Waals surface area contributed by atoms with E-state index in [-0.39, 0.29) is 7.92 Å². The van der Waals surface area contributed by atoms with Crippen molar-refractivity contribution in [1.82, 2.24) is 0 Å². The van der Waals surface area contributed by atoms with Crippen LogP contribution in [0.1, 0.15) is 169 Å². The molecule has 0 aliphatic heterocycles. The first-order valence-corrected chi connectivity index (χ1v) is 30.5. The molecule has 0 spiro atoms. The van der Waals surface area contributed by atoms with Gasteiger partial charge in [-0.2, -0.15) is 0 Å². The Balaban J connectivity index is 0.000000137. The summed E-state index contributed by atoms with van der Waals surface area (Å²) in [6, 6.07) is 27.9. The third-order valence-corrected chi connectivity index (χ3v) is 22.0. The Hall–Kier alpha value is -2.14. The van der Waals surface area contributed by atoms with Crippen molar-refractivity contribution in [1.29, 1.82) is 0 Å². The average Bonchev–Trinajstić information content (AvgIpc) is 3.88. The van der Waals surface area contributed by atoms with Crippen molar-refractivity contribution in [2.75, 3.05) is 0 Å². The van der Waals surface area contributed by atoms with Gasteiger partial charge in [-0.05, 0) is 141 Å². The molecule has 5 aliphatic rings. The van der Waals surface area contributed by atoms with Crippen molar-refractivity contribution in [3.05, 3.63) is 165 Å². The number of allylic oxidation sites excluding steroid dienone is 3. The zero-order valence-electron chi connectivity index (χ0n) is 37.4. The van der Waals surface area contributed by atoms with Crippen molar-refractivity contribution in [3.63, 3.8) is 0 Å². The Kier molecular flexibility index (Phi) is 16.8. The van der Waals surface area contributed by atoms with Gasteiger partial charge in [0, 0.05) is 7.92 Å². The first kappa shape index (κ1) is 45.9. The van der Waals surface area contributed by atoms with Crippen molar-refractivity contribution in [2.45, 2.75) is 167 Å². The molecule has 60 heavy (non-hydrogen) atoms. The molecule has 0 saturated heterocycles. The third kappa shape index (κ3) is 11.3. The molecule has 0 N–H and O–H groups in total. The van der Waals surface area contributed by atoms with Gasteiger partial charge in [-0.15, -0.1) is 24.0 Å². The molecule has 2 unspecified atom stereocenters. The monoisotopic (exact) mass is 946 g/mol. The Morgan fingerprint density at radius 2 is 0.883 bits per heavy atom. The summed E-state index contributed by atoms with van der Waals surface area (Å²) in [5.41, 5.74) is 19.9. The van der Waals surface area contributed by atoms with E-state index in [1.165, 1.54) is 83.7 Å². The number of halogens is 2. The second-order valence-electron chi connectivity index (χ2n) is 18.7. The van der Waals surface area contributed by atoms with Crippen molar-refractivity contribution >= 4 is 37.0 Å². The molecule has 0 radical (unpaired) electrons. The normalized spacial score (nSPS) is 21.2. The van der Waals surface area contributed by atoms with Crippen LogP contribution in [0.25, 0.3) is 5.57 Å². The Bertz CT molecular complexity index is 1990. The first-order valence-electron chi connectivity index (χ1n) is 23.4. The molecule has 9 rings (SSSR count). The van der Waals surface area contributed by atoms with Crippen LogP contribution in [-0.2, 0) is 13.5 Å². The SMILES string of the molecule is C1CCC([PH+](C2CCCCC2)C2CCCCC2)CC1.Cc1cc(C)c(C2C=CC(c3c(C)cc(C)cc3C)[CH-]2)c(C)c1.[Cl][Ru]([Cl])=[C]1C=C(c2ccccc2)c2ccccc21. The van der Waals surface area contributed by atoms with E-state index in [0.717, 1.165) is 4.11 Å². The third-order valence-electron chi connectivity index (χ3n) is 14.3. The maximum atomic E-state index is 6.19. The van der Waals surface area contributed by atoms with Crippen molar-refractivity contribution < 1.29 is 13.5 Å². The fourth-order valence-corrected chi connectivity index (χ4v) is 19.6. The average molecular weight is 947 g/mol. The molecule has 0 aromatic heterocycles. The molecule has 0 amide bonds. The number of aryl methyl sites for hydroxylation is 6. The summed E-state index contributed by atoms with van der Waals surface area (Å²) >= 11 is -1.88. The zero-order valence-corrected chi connectivity index (χ0v) is 41.7. The molecule has 3 fully saturated rings. The van der Waals surface area contributed by atoms with Crippen LogP contribution >= 0.6 is 27.3 Å². The minimum atomic E-state index is -1.88. The molecule has 4 aromatic rings. The summed E-state index contributed by atoms with van der Waals surface area (Å²) < 4.78 is 1.12. The molecule has 5 aliphatic carbocycles. The van der Waals surface area contributed by atoms with Crippen LogP contribution in [0.3, 0.4) is 0 Å². The number of hydrogen-bond acceptors (Lipinski definition) is 0. The van der Waals surface area contributed by atoms with Gasteiger partial charge in [0.05, 0.1) is 17.0 Å². The van der Waals surface area contributed by atoms with Gasteiger partial charge in [-0.3, -0.25) is 0 Å². The van der Waals surface area contributed by atoms with E-state index >= 15 is 0 Å². The van der Waals surface area contributed by atoms with Crippen LogP contribution < -0.4 is 0 Å². The summed E-state index contributed by atoms with van der Waals surface area (Å²) in [5, 5.41) is 0. The molecule has 4 aromatic carbocycles. The van der Waals surface area contributed by atoms with Gasteiger partial charge in [0.25, 0.3) is 0 Å². The summed E-state index contributed by atoms with van der Waals surface area (Å²) in [6.07, 6.45) is 33.2. The fourth-order valence-electron chi connectivity index (χ4n) is 11.9. The molecule has 2 atom stereocenters. The number of rotatable bonds is 6. The van der Waals surface area contributed by atoms with Crippen LogP contribution in [0.5, 0.6) is 0 Å². The van der Waals surface area contributed by atoms with Crippen molar-refractivity contribution in [3.8, 4) is 0 Å². The van der Waals surface area contributed by atoms with E-state index in [1.807, 2.05) is 24.3 Å². The molecular formula is C56H71Cl2PRu. The Morgan fingerprint density at radius 1 is 0.500 bits per heavy atom. The van der Waals surface area contributed by atoms with Crippen LogP contribution in [0.15, 0.2) is 97.1 Å². The molecule has 4 heteroatoms. The van der Waals surface area contributed by atoms with Gasteiger partial charge in [0.1, 0.15) is 0 Å². The molecule has 0 bridgehead atoms. The fraction of sp³-hybridized carbons (Fsp3) is 0.464. The van der Waals surface area contributed by atoms with Gasteiger partial charge in [0.2, 0.25) is 0 Å². The minimum absolute atomic E-state index is 0.0465. The summed E-state index contributed by atoms with van der Waals surface area (Å²) in [5.74, 6) is 0.862. The summed E-state index contributed by atoms with van der Waals surface area (Å²) in [4.78, 5) is 0. The molecule has 0 heterocycles. The predicted molar refractivity (Wildman–Crippen MR) is 265 cm³/mol. The van der Waals surface area contributed by atoms with Gasteiger partial charge in [-0.25, -0.2) is 0 Å². The van der Waals surface area contributed by atoms with E-state index in [1.54, 1.807) is 96.3 Å². The predicted octanol–water partition coefficient (Wildman–Crippen LogP) is 17.0. The second kappa shape index (κ2) is 22.0. The molecule has 322 valence electrons. The maximum absolute atomic E-state index is 6.19. The Morgan fingerprint density at radius 3 is 1.28 bits per heavy atom. The van der Waals surface area contributed by atoms with Gasteiger partial charge in [0.15, 0.2) is 0 Å². The zero-order chi connectivity index (χ0) is 42.2. The van der Waals surface area contributed by atoms with Gasteiger partial charge >= 0.3 is 120 Å². The van der Waals surface area contributed by atoms with E-state index < -0.39 is 13.5 Å². The molecule has 0 nitrogen and oxygen atoms in total. The number of fused-ring (bicyclic) bond motifs is 1. The van der Waals surface area contributed by atoms with Crippen LogP contribution in [0.4, 0.5) is 0 Å². The van der Waals surface area contributed by atoms with E-state index in [9.17, 15) is 0 Å². The number of benzene rings is 4. The van der Waals surface area contributed by atoms with Crippen LogP contribution in [0, 0.1) is 48.0 Å². The Labute approximate surface area is 379 Å². The van der Waals surface area contributed by atoms with Crippen LogP contribution in [0.2, 0.25) is 0 Å². The molecular weight excluding hydrogens is 876 g/mol. The first-order chi connectivity index (χ1) is 29.1. The van der Waals surface area contributed by atoms with E-state index in [0.29, 0.717) is 11.8 Å². The van der Waals surface area contributed by atoms with E-state index in [4.69, 9.17) is 19.4 Å². The second-order valence-corrected chi connectivity index (χ2v) is 28.0. The standard InChI is InChI=1S/C23H27.C18H33P.C15H10.2ClH.Ru/c1-14-9-16(3)22(17(4)10-14)20-7-8-21(13-20)23-18(5)11-15(2)12-19(23)6;1-4-10-16(11-5-1)19(17-12-6-2-7-13-17)18-14-8-3-9-15-18;1-2-6-12(7-3-1)15-11-10-13-8-4-5-9-14(13)15;;;/h7-13,20-21H,1-6H3;16-18H,1-15H2;1-9,11H;2*1H;/q-1;;;;;+2/p-1. The summed E-state index contributed by atoms with van der Waals surface area (Å²) in [6.45, 7) is 13.3. The van der Waals surface area contributed by atoms with Crippen LogP contribution in [-0.4, -0.2) is 21.1 Å². The van der Waals surface area contributed by atoms with Gasteiger partial charge < -0.3 is 6.42 Å². The summed E-state index contributed by atoms with van der Waals surface area (Å²) in [7, 11) is 12.3. The van der Waals surface area contributed by atoms with E-state index in [2.05, 4.69) is 121 Å².